The number of hydrogen-bond acceptors (Lipinski definition) is 1. The molecule has 0 bridgehead atoms. The van der Waals surface area contributed by atoms with Crippen molar-refractivity contribution >= 4 is 19.1 Å². The largest absolute Gasteiger partial charge is 0.327 e. The maximum Gasteiger partial charge on any atom is 0.140 e. The smallest absolute Gasteiger partial charge is 0.140 e. The number of benzene rings is 2. The molecule has 20 heavy (non-hydrogen) atoms. The third-order valence-corrected chi connectivity index (χ3v) is 4.58. The van der Waals surface area contributed by atoms with Crippen molar-refractivity contribution in [2.24, 2.45) is 0 Å². The topological polar surface area (TPSA) is 17.8 Å². The summed E-state index contributed by atoms with van der Waals surface area (Å²) in [5, 5.41) is 0. The van der Waals surface area contributed by atoms with Crippen LogP contribution in [0.2, 0.25) is 19.6 Å². The molecule has 102 valence electrons. The number of imidazole rings is 1. The van der Waals surface area contributed by atoms with Gasteiger partial charge in [-0.25, -0.2) is 4.98 Å². The van der Waals surface area contributed by atoms with Gasteiger partial charge in [0.15, 0.2) is 0 Å². The second-order valence-corrected chi connectivity index (χ2v) is 11.9. The highest BCUT2D eigenvalue weighted by Gasteiger charge is 2.19. The first kappa shape index (κ1) is 13.1. The lowest BCUT2D eigenvalue weighted by Crippen LogP contribution is -2.28. The van der Waals surface area contributed by atoms with Gasteiger partial charge >= 0.3 is 0 Å². The quantitative estimate of drug-likeness (QED) is 0.642. The maximum atomic E-state index is 4.85. The molecule has 0 unspecified atom stereocenters. The first-order chi connectivity index (χ1) is 9.54. The van der Waals surface area contributed by atoms with E-state index in [9.17, 15) is 0 Å². The Hall–Kier alpha value is -1.87. The fourth-order valence-electron chi connectivity index (χ4n) is 2.52. The average molecular weight is 280 g/mol. The highest BCUT2D eigenvalue weighted by Crippen LogP contribution is 2.26. The summed E-state index contributed by atoms with van der Waals surface area (Å²) in [4.78, 5) is 4.85. The Morgan fingerprint density at radius 1 is 0.900 bits per heavy atom. The molecule has 0 radical (unpaired) electrons. The molecule has 0 fully saturated rings. The van der Waals surface area contributed by atoms with Gasteiger partial charge in [-0.05, 0) is 12.1 Å². The van der Waals surface area contributed by atoms with Gasteiger partial charge in [0, 0.05) is 11.7 Å². The summed E-state index contributed by atoms with van der Waals surface area (Å²) in [7, 11) is -1.22. The lowest BCUT2D eigenvalue weighted by atomic mass is 10.2. The fourth-order valence-corrected chi connectivity index (χ4v) is 3.79. The molecule has 0 aliphatic carbocycles. The zero-order valence-electron chi connectivity index (χ0n) is 12.3. The molecule has 3 heteroatoms. The van der Waals surface area contributed by atoms with Crippen molar-refractivity contribution in [1.82, 2.24) is 9.55 Å². The van der Waals surface area contributed by atoms with Crippen molar-refractivity contribution in [3.8, 4) is 11.4 Å². The van der Waals surface area contributed by atoms with Gasteiger partial charge < -0.3 is 4.57 Å². The van der Waals surface area contributed by atoms with Crippen molar-refractivity contribution in [1.29, 1.82) is 0 Å². The number of nitrogens with zero attached hydrogens (tertiary/aromatic N) is 2. The first-order valence-electron chi connectivity index (χ1n) is 7.05. The van der Waals surface area contributed by atoms with E-state index in [-0.39, 0.29) is 0 Å². The Balaban J connectivity index is 2.23. The predicted octanol–water partition coefficient (Wildman–Crippen LogP) is 4.58. The van der Waals surface area contributed by atoms with Gasteiger partial charge in [0.25, 0.3) is 0 Å². The van der Waals surface area contributed by atoms with Gasteiger partial charge in [-0.2, -0.15) is 0 Å². The van der Waals surface area contributed by atoms with E-state index in [1.54, 1.807) is 0 Å². The van der Waals surface area contributed by atoms with Crippen LogP contribution >= 0.6 is 0 Å². The Kier molecular flexibility index (Phi) is 3.22. The SMILES string of the molecule is C[Si](C)(C)Cn1c(-c2ccccc2)nc2ccccc21. The Labute approximate surface area is 121 Å². The summed E-state index contributed by atoms with van der Waals surface area (Å²) in [6, 6.07) is 18.9. The minimum atomic E-state index is -1.22. The molecule has 0 amide bonds. The molecule has 0 saturated carbocycles. The third-order valence-electron chi connectivity index (χ3n) is 3.32. The molecule has 3 rings (SSSR count). The number of rotatable bonds is 3. The van der Waals surface area contributed by atoms with E-state index < -0.39 is 8.07 Å². The molecule has 3 aromatic rings. The molecule has 2 aromatic carbocycles. The fraction of sp³-hybridized carbons (Fsp3) is 0.235. The third kappa shape index (κ3) is 2.54. The zero-order valence-corrected chi connectivity index (χ0v) is 13.3. The van der Waals surface area contributed by atoms with Crippen LogP contribution in [0.3, 0.4) is 0 Å². The lowest BCUT2D eigenvalue weighted by Gasteiger charge is -2.19. The minimum Gasteiger partial charge on any atom is -0.327 e. The average Bonchev–Trinajstić information content (AvgIpc) is 2.77. The summed E-state index contributed by atoms with van der Waals surface area (Å²) >= 11 is 0. The molecule has 2 nitrogen and oxygen atoms in total. The number of para-hydroxylation sites is 2. The summed E-state index contributed by atoms with van der Waals surface area (Å²) in [6.45, 7) is 7.20. The maximum absolute atomic E-state index is 4.85. The second-order valence-electron chi connectivity index (χ2n) is 6.44. The van der Waals surface area contributed by atoms with Crippen LogP contribution in [0.4, 0.5) is 0 Å². The molecular weight excluding hydrogens is 260 g/mol. The van der Waals surface area contributed by atoms with Gasteiger partial charge in [0.2, 0.25) is 0 Å². The molecule has 0 spiro atoms. The van der Waals surface area contributed by atoms with Crippen LogP contribution < -0.4 is 0 Å². The van der Waals surface area contributed by atoms with Gasteiger partial charge in [0.05, 0.1) is 19.1 Å². The van der Waals surface area contributed by atoms with Crippen LogP contribution in [0.1, 0.15) is 0 Å². The summed E-state index contributed by atoms with van der Waals surface area (Å²) in [6.07, 6.45) is 1.09. The summed E-state index contributed by atoms with van der Waals surface area (Å²) in [5.74, 6) is 1.09. The van der Waals surface area contributed by atoms with Crippen LogP contribution in [0.15, 0.2) is 54.6 Å². The lowest BCUT2D eigenvalue weighted by molar-refractivity contribution is 0.892. The van der Waals surface area contributed by atoms with E-state index in [4.69, 9.17) is 4.98 Å². The molecule has 1 heterocycles. The van der Waals surface area contributed by atoms with Crippen molar-refractivity contribution in [3.63, 3.8) is 0 Å². The number of fused-ring (bicyclic) bond motifs is 1. The van der Waals surface area contributed by atoms with Gasteiger partial charge in [-0.1, -0.05) is 62.1 Å². The van der Waals surface area contributed by atoms with Crippen molar-refractivity contribution in [2.75, 3.05) is 0 Å². The highest BCUT2D eigenvalue weighted by atomic mass is 28.3. The van der Waals surface area contributed by atoms with Crippen molar-refractivity contribution < 1.29 is 0 Å². The van der Waals surface area contributed by atoms with Gasteiger partial charge in [-0.15, -0.1) is 0 Å². The number of aromatic nitrogens is 2. The molecule has 0 aliphatic rings. The van der Waals surface area contributed by atoms with Crippen LogP contribution in [-0.2, 0) is 6.17 Å². The van der Waals surface area contributed by atoms with E-state index in [1.165, 1.54) is 11.1 Å². The minimum absolute atomic E-state index is 1.09. The van der Waals surface area contributed by atoms with Crippen LogP contribution in [0.25, 0.3) is 22.4 Å². The van der Waals surface area contributed by atoms with Crippen LogP contribution in [0.5, 0.6) is 0 Å². The van der Waals surface area contributed by atoms with E-state index in [2.05, 4.69) is 78.8 Å². The Morgan fingerprint density at radius 3 is 2.25 bits per heavy atom. The normalized spacial score (nSPS) is 11.9. The van der Waals surface area contributed by atoms with Gasteiger partial charge in [0.1, 0.15) is 5.82 Å². The second kappa shape index (κ2) is 4.91. The zero-order chi connectivity index (χ0) is 14.2. The number of hydrogen-bond donors (Lipinski definition) is 0. The summed E-state index contributed by atoms with van der Waals surface area (Å²) in [5.41, 5.74) is 3.53. The first-order valence-corrected chi connectivity index (χ1v) is 10.8. The predicted molar refractivity (Wildman–Crippen MR) is 88.5 cm³/mol. The van der Waals surface area contributed by atoms with Gasteiger partial charge in [-0.3, -0.25) is 0 Å². The van der Waals surface area contributed by atoms with E-state index >= 15 is 0 Å². The van der Waals surface area contributed by atoms with Crippen molar-refractivity contribution in [3.05, 3.63) is 54.6 Å². The summed E-state index contributed by atoms with van der Waals surface area (Å²) < 4.78 is 2.40. The molecular formula is C17H20N2Si. The van der Waals surface area contributed by atoms with Crippen molar-refractivity contribution in [2.45, 2.75) is 25.8 Å². The molecule has 1 aromatic heterocycles. The van der Waals surface area contributed by atoms with Crippen LogP contribution in [-0.4, -0.2) is 17.6 Å². The van der Waals surface area contributed by atoms with Crippen LogP contribution in [0, 0.1) is 0 Å². The standard InChI is InChI=1S/C17H20N2Si/c1-20(2,3)13-19-16-12-8-7-11-15(16)18-17(19)14-9-5-4-6-10-14/h4-12H,13H2,1-3H3. The molecule has 0 atom stereocenters. The molecule has 0 aliphatic heterocycles. The Bertz CT molecular complexity index is 724. The Morgan fingerprint density at radius 2 is 1.55 bits per heavy atom. The van der Waals surface area contributed by atoms with E-state index in [1.807, 2.05) is 0 Å². The highest BCUT2D eigenvalue weighted by molar-refractivity contribution is 6.75. The van der Waals surface area contributed by atoms with E-state index in [0.717, 1.165) is 17.5 Å². The molecule has 0 N–H and O–H groups in total. The molecule has 0 saturated heterocycles. The monoisotopic (exact) mass is 280 g/mol. The van der Waals surface area contributed by atoms with E-state index in [0.29, 0.717) is 0 Å².